The molecule has 580 valence electrons. The molecule has 0 spiro atoms. The fraction of sp³-hybridized carbons (Fsp3) is 0.744. The molecule has 3 saturated heterocycles. The van der Waals surface area contributed by atoms with Gasteiger partial charge >= 0.3 is 0 Å². The fourth-order valence-corrected chi connectivity index (χ4v) is 12.5. The van der Waals surface area contributed by atoms with Gasteiger partial charge in [-0.05, 0) is 96.3 Å². The number of hydrogen-bond donors (Lipinski definition) is 12. The first-order valence-electron chi connectivity index (χ1n) is 39.3. The summed E-state index contributed by atoms with van der Waals surface area (Å²) >= 11 is 0. The molecule has 3 heterocycles. The van der Waals surface area contributed by atoms with E-state index in [1.807, 2.05) is 6.08 Å². The van der Waals surface area contributed by atoms with E-state index < -0.39 is 124 Å². The van der Waals surface area contributed by atoms with Gasteiger partial charge in [0.25, 0.3) is 0 Å². The summed E-state index contributed by atoms with van der Waals surface area (Å²) in [5.41, 5.74) is 0. The summed E-state index contributed by atoms with van der Waals surface area (Å²) in [6, 6.07) is -1.00. The van der Waals surface area contributed by atoms with Gasteiger partial charge in [-0.2, -0.15) is 0 Å². The van der Waals surface area contributed by atoms with Crippen molar-refractivity contribution in [3.8, 4) is 0 Å². The van der Waals surface area contributed by atoms with Crippen molar-refractivity contribution in [2.24, 2.45) is 0 Å². The lowest BCUT2D eigenvalue weighted by molar-refractivity contribution is -0.379. The smallest absolute Gasteiger partial charge is 0.220 e. The summed E-state index contributed by atoms with van der Waals surface area (Å²) in [5.74, 6) is -0.297. The number of nitrogens with one attached hydrogen (secondary N) is 1. The summed E-state index contributed by atoms with van der Waals surface area (Å²) in [6.07, 6.45) is 58.8. The Balaban J connectivity index is 1.40. The van der Waals surface area contributed by atoms with Gasteiger partial charge in [-0.15, -0.1) is 0 Å². The van der Waals surface area contributed by atoms with Crippen molar-refractivity contribution in [3.63, 3.8) is 0 Å². The number of amides is 1. The summed E-state index contributed by atoms with van der Waals surface area (Å²) in [6.45, 7) is 1.60. The molecule has 0 aromatic rings. The molecule has 17 atom stereocenters. The minimum Gasteiger partial charge on any atom is -0.394 e. The van der Waals surface area contributed by atoms with Gasteiger partial charge in [-0.1, -0.05) is 277 Å². The van der Waals surface area contributed by atoms with E-state index >= 15 is 0 Å². The Bertz CT molecular complexity index is 2300. The summed E-state index contributed by atoms with van der Waals surface area (Å²) in [4.78, 5) is 13.5. The zero-order chi connectivity index (χ0) is 73.2. The predicted octanol–water partition coefficient (Wildman–Crippen LogP) is 12.7. The van der Waals surface area contributed by atoms with E-state index in [1.165, 1.54) is 109 Å². The van der Waals surface area contributed by atoms with Gasteiger partial charge in [0.15, 0.2) is 18.9 Å². The van der Waals surface area contributed by atoms with Crippen LogP contribution in [-0.4, -0.2) is 193 Å². The lowest BCUT2D eigenvalue weighted by Gasteiger charge is -2.48. The molecule has 19 heteroatoms. The van der Waals surface area contributed by atoms with Crippen LogP contribution in [0.25, 0.3) is 0 Å². The Morgan fingerprint density at radius 1 is 0.366 bits per heavy atom. The van der Waals surface area contributed by atoms with Crippen LogP contribution in [-0.2, 0) is 33.2 Å². The van der Waals surface area contributed by atoms with E-state index in [9.17, 15) is 61.0 Å². The molecule has 0 radical (unpaired) electrons. The average molecular weight is 1430 g/mol. The maximum Gasteiger partial charge on any atom is 0.220 e. The third kappa shape index (κ3) is 41.6. The van der Waals surface area contributed by atoms with Gasteiger partial charge in [0, 0.05) is 6.42 Å². The summed E-state index contributed by atoms with van der Waals surface area (Å²) in [5, 5.41) is 121. The van der Waals surface area contributed by atoms with E-state index in [0.717, 1.165) is 116 Å². The third-order valence-electron chi connectivity index (χ3n) is 18.7. The van der Waals surface area contributed by atoms with E-state index in [2.05, 4.69) is 129 Å². The topological polar surface area (TPSA) is 307 Å². The van der Waals surface area contributed by atoms with Crippen LogP contribution in [0.5, 0.6) is 0 Å². The molecule has 3 rings (SSSR count). The van der Waals surface area contributed by atoms with Crippen LogP contribution in [0.4, 0.5) is 0 Å². The van der Waals surface area contributed by atoms with Crippen molar-refractivity contribution in [1.82, 2.24) is 5.32 Å². The SMILES string of the molecule is CC/C=C\C/C=C\C/C=C\C/C=C\C/C=C\C/C=C\C/C=C\C/C=C\CCCCCCCCCCC(=O)NC(COC1OC(CO)C(OC2OC(CO)C(OC3OC(CO)C(O)C(O)C3O)C(O)C2O)C(O)C1O)C(O)/C=C/CC/C=C/CCCCCCCCCCCCCCCCCCC. The highest BCUT2D eigenvalue weighted by Gasteiger charge is 2.53. The highest BCUT2D eigenvalue weighted by atomic mass is 16.8. The molecule has 3 fully saturated rings. The van der Waals surface area contributed by atoms with Crippen molar-refractivity contribution >= 4 is 5.91 Å². The average Bonchev–Trinajstić information content (AvgIpc) is 0.783. The predicted molar refractivity (Wildman–Crippen MR) is 401 cm³/mol. The monoisotopic (exact) mass is 1430 g/mol. The first kappa shape index (κ1) is 91.4. The van der Waals surface area contributed by atoms with Gasteiger partial charge in [0.2, 0.25) is 5.91 Å². The number of carbonyl (C=O) groups is 1. The lowest BCUT2D eigenvalue weighted by atomic mass is 9.96. The first-order chi connectivity index (χ1) is 49.3. The van der Waals surface area contributed by atoms with Crippen LogP contribution in [0.15, 0.2) is 122 Å². The molecular formula is C82H139NO18. The number of ether oxygens (including phenoxy) is 6. The molecule has 12 N–H and O–H groups in total. The van der Waals surface area contributed by atoms with Crippen molar-refractivity contribution in [3.05, 3.63) is 122 Å². The van der Waals surface area contributed by atoms with Crippen LogP contribution < -0.4 is 5.32 Å². The van der Waals surface area contributed by atoms with E-state index in [1.54, 1.807) is 6.08 Å². The molecule has 3 aliphatic heterocycles. The van der Waals surface area contributed by atoms with Crippen molar-refractivity contribution < 1.29 is 89.4 Å². The molecule has 17 unspecified atom stereocenters. The maximum absolute atomic E-state index is 13.5. The Kier molecular flexibility index (Phi) is 55.5. The standard InChI is InChI=1S/C82H139NO18/c1-3-5-7-9-11-13-15-17-19-21-23-25-27-28-29-30-31-32-33-34-35-36-38-40-42-44-46-48-50-52-54-56-58-60-70(88)83-65(66(87)59-57-55-53-51-49-47-45-43-41-39-37-26-24-22-20-18-16-14-12-10-8-6-4-2)64-96-80-76(94)73(91)78(68(62-85)98-80)101-82-77(95)74(92)79(69(63-86)99-82)100-81-75(93)72(90)71(89)67(61-84)97-81/h5,7,11,13,17,19,23,25,28-29,31-32,34-35,38,40,49,51,57,59,65-69,71-82,84-87,89-95H,3-4,6,8-10,12,14-16,18,20-22,24,26-27,30,33,36-37,39,41-48,50,52-56,58,60-64H2,1-2H3,(H,83,88)/b7-5-,13-11-,19-17-,25-23-,29-28-,32-31-,35-34-,40-38-,51-49+,59-57+. The van der Waals surface area contributed by atoms with E-state index in [4.69, 9.17) is 28.4 Å². The maximum atomic E-state index is 13.5. The largest absolute Gasteiger partial charge is 0.394 e. The van der Waals surface area contributed by atoms with Crippen LogP contribution in [0.3, 0.4) is 0 Å². The molecule has 0 saturated carbocycles. The molecule has 0 aromatic heterocycles. The molecule has 101 heavy (non-hydrogen) atoms. The van der Waals surface area contributed by atoms with Gasteiger partial charge in [0.1, 0.15) is 73.2 Å². The van der Waals surface area contributed by atoms with E-state index in [0.29, 0.717) is 12.8 Å². The van der Waals surface area contributed by atoms with Crippen LogP contribution >= 0.6 is 0 Å². The fourth-order valence-electron chi connectivity index (χ4n) is 12.5. The second-order valence-corrected chi connectivity index (χ2v) is 27.4. The number of unbranched alkanes of at least 4 members (excludes halogenated alkanes) is 26. The van der Waals surface area contributed by atoms with Crippen LogP contribution in [0.1, 0.15) is 258 Å². The number of rotatable bonds is 60. The van der Waals surface area contributed by atoms with Crippen molar-refractivity contribution in [1.29, 1.82) is 0 Å². The van der Waals surface area contributed by atoms with Crippen molar-refractivity contribution in [2.75, 3.05) is 26.4 Å². The number of allylic oxidation sites excluding steroid dienone is 19. The number of aliphatic hydroxyl groups is 11. The summed E-state index contributed by atoms with van der Waals surface area (Å²) in [7, 11) is 0. The Labute approximate surface area is 608 Å². The minimum absolute atomic E-state index is 0.218. The van der Waals surface area contributed by atoms with Crippen LogP contribution in [0, 0.1) is 0 Å². The molecule has 0 aliphatic carbocycles. The Morgan fingerprint density at radius 3 is 1.11 bits per heavy atom. The molecule has 3 aliphatic rings. The van der Waals surface area contributed by atoms with Crippen molar-refractivity contribution in [2.45, 2.75) is 362 Å². The Morgan fingerprint density at radius 2 is 0.693 bits per heavy atom. The molecule has 1 amide bonds. The number of carbonyl (C=O) groups excluding carboxylic acids is 1. The molecule has 0 aromatic carbocycles. The number of aliphatic hydroxyl groups excluding tert-OH is 11. The highest BCUT2D eigenvalue weighted by Crippen LogP contribution is 2.33. The quantitative estimate of drug-likeness (QED) is 0.0199. The third-order valence-corrected chi connectivity index (χ3v) is 18.7. The normalized spacial score (nSPS) is 27.0. The molecular weight excluding hydrogens is 1290 g/mol. The van der Waals surface area contributed by atoms with Gasteiger partial charge in [0.05, 0.1) is 38.6 Å². The van der Waals surface area contributed by atoms with Crippen LogP contribution in [0.2, 0.25) is 0 Å². The minimum atomic E-state index is -1.99. The lowest BCUT2D eigenvalue weighted by Crippen LogP contribution is -2.66. The number of hydrogen-bond acceptors (Lipinski definition) is 18. The molecule has 19 nitrogen and oxygen atoms in total. The second-order valence-electron chi connectivity index (χ2n) is 27.4. The van der Waals surface area contributed by atoms with Gasteiger partial charge in [-0.3, -0.25) is 4.79 Å². The molecule has 0 bridgehead atoms. The second kappa shape index (κ2) is 61.4. The van der Waals surface area contributed by atoms with E-state index in [-0.39, 0.29) is 18.9 Å². The van der Waals surface area contributed by atoms with Gasteiger partial charge < -0.3 is 89.9 Å². The first-order valence-corrected chi connectivity index (χ1v) is 39.3. The zero-order valence-electron chi connectivity index (χ0n) is 61.8. The Hall–Kier alpha value is -3.81. The summed E-state index contributed by atoms with van der Waals surface area (Å²) < 4.78 is 34.4. The van der Waals surface area contributed by atoms with Gasteiger partial charge in [-0.25, -0.2) is 0 Å². The highest BCUT2D eigenvalue weighted by molar-refractivity contribution is 5.76. The zero-order valence-corrected chi connectivity index (χ0v) is 61.8.